The molecule has 1 saturated heterocycles. The standard InChI is InChI=1S/C15H18FNO2S/c16-13-5-1-3-12(9-13)4-2-6-14(18)17-10-15(19)7-8-20-11-15/h1-5,9,19H,6-8,10-11H2,(H,17,18). The first kappa shape index (κ1) is 15.1. The summed E-state index contributed by atoms with van der Waals surface area (Å²) in [6.07, 6.45) is 4.34. The van der Waals surface area contributed by atoms with Gasteiger partial charge in [-0.05, 0) is 29.9 Å². The molecule has 1 heterocycles. The zero-order valence-electron chi connectivity index (χ0n) is 11.1. The first-order valence-corrected chi connectivity index (χ1v) is 7.72. The second kappa shape index (κ2) is 6.90. The van der Waals surface area contributed by atoms with Crippen molar-refractivity contribution >= 4 is 23.7 Å². The van der Waals surface area contributed by atoms with Crippen molar-refractivity contribution in [3.8, 4) is 0 Å². The fourth-order valence-electron chi connectivity index (χ4n) is 1.98. The van der Waals surface area contributed by atoms with Gasteiger partial charge in [-0.2, -0.15) is 11.8 Å². The maximum absolute atomic E-state index is 12.9. The lowest BCUT2D eigenvalue weighted by Crippen LogP contribution is -2.42. The van der Waals surface area contributed by atoms with Crippen molar-refractivity contribution in [3.63, 3.8) is 0 Å². The minimum atomic E-state index is -0.757. The van der Waals surface area contributed by atoms with E-state index in [-0.39, 0.29) is 18.1 Å². The minimum absolute atomic E-state index is 0.136. The Hall–Kier alpha value is -1.33. The molecule has 1 amide bonds. The maximum atomic E-state index is 12.9. The third-order valence-electron chi connectivity index (χ3n) is 3.16. The van der Waals surface area contributed by atoms with E-state index in [1.165, 1.54) is 12.1 Å². The van der Waals surface area contributed by atoms with Crippen LogP contribution in [0.3, 0.4) is 0 Å². The second-order valence-electron chi connectivity index (χ2n) is 4.97. The van der Waals surface area contributed by atoms with Crippen LogP contribution in [0.1, 0.15) is 18.4 Å². The third kappa shape index (κ3) is 4.65. The largest absolute Gasteiger partial charge is 0.387 e. The molecule has 3 nitrogen and oxygen atoms in total. The molecule has 2 rings (SSSR count). The van der Waals surface area contributed by atoms with Crippen molar-refractivity contribution in [3.05, 3.63) is 41.7 Å². The molecule has 0 bridgehead atoms. The van der Waals surface area contributed by atoms with Gasteiger partial charge in [-0.3, -0.25) is 4.79 Å². The number of amides is 1. The molecule has 0 radical (unpaired) electrons. The number of hydrogen-bond acceptors (Lipinski definition) is 3. The highest BCUT2D eigenvalue weighted by atomic mass is 32.2. The number of carbonyl (C=O) groups excluding carboxylic acids is 1. The molecule has 0 saturated carbocycles. The predicted octanol–water partition coefficient (Wildman–Crippen LogP) is 2.21. The first-order chi connectivity index (χ1) is 9.57. The molecule has 1 aromatic carbocycles. The van der Waals surface area contributed by atoms with Gasteiger partial charge in [0.25, 0.3) is 0 Å². The summed E-state index contributed by atoms with van der Waals surface area (Å²) in [5, 5.41) is 12.8. The second-order valence-corrected chi connectivity index (χ2v) is 6.07. The quantitative estimate of drug-likeness (QED) is 0.875. The number of carbonyl (C=O) groups is 1. The van der Waals surface area contributed by atoms with E-state index in [1.807, 2.05) is 0 Å². The Kier molecular flexibility index (Phi) is 5.20. The number of halogens is 1. The van der Waals surface area contributed by atoms with Crippen LogP contribution in [-0.4, -0.2) is 34.7 Å². The zero-order valence-corrected chi connectivity index (χ0v) is 12.0. The van der Waals surface area contributed by atoms with Crippen LogP contribution >= 0.6 is 11.8 Å². The van der Waals surface area contributed by atoms with Crippen LogP contribution in [0.2, 0.25) is 0 Å². The summed E-state index contributed by atoms with van der Waals surface area (Å²) in [4.78, 5) is 11.6. The van der Waals surface area contributed by atoms with Crippen LogP contribution in [0.25, 0.3) is 6.08 Å². The number of thioether (sulfide) groups is 1. The molecule has 1 fully saturated rings. The molecule has 1 unspecified atom stereocenters. The van der Waals surface area contributed by atoms with Crippen molar-refractivity contribution in [1.82, 2.24) is 5.32 Å². The first-order valence-electron chi connectivity index (χ1n) is 6.56. The summed E-state index contributed by atoms with van der Waals surface area (Å²) in [6, 6.07) is 6.19. The summed E-state index contributed by atoms with van der Waals surface area (Å²) in [7, 11) is 0. The van der Waals surface area contributed by atoms with E-state index in [9.17, 15) is 14.3 Å². The zero-order chi connectivity index (χ0) is 14.4. The lowest BCUT2D eigenvalue weighted by atomic mass is 10.0. The van der Waals surface area contributed by atoms with E-state index in [0.29, 0.717) is 12.3 Å². The Bertz CT molecular complexity index is 498. The van der Waals surface area contributed by atoms with Crippen molar-refractivity contribution < 1.29 is 14.3 Å². The predicted molar refractivity (Wildman–Crippen MR) is 80.0 cm³/mol. The van der Waals surface area contributed by atoms with Crippen molar-refractivity contribution in [1.29, 1.82) is 0 Å². The summed E-state index contributed by atoms with van der Waals surface area (Å²) < 4.78 is 12.9. The molecular weight excluding hydrogens is 277 g/mol. The van der Waals surface area contributed by atoms with Crippen molar-refractivity contribution in [2.24, 2.45) is 0 Å². The van der Waals surface area contributed by atoms with Gasteiger partial charge in [0.15, 0.2) is 0 Å². The van der Waals surface area contributed by atoms with Gasteiger partial charge in [0.05, 0.1) is 5.60 Å². The summed E-state index contributed by atoms with van der Waals surface area (Å²) >= 11 is 1.70. The number of hydrogen-bond donors (Lipinski definition) is 2. The Morgan fingerprint density at radius 2 is 2.40 bits per heavy atom. The van der Waals surface area contributed by atoms with Crippen molar-refractivity contribution in [2.45, 2.75) is 18.4 Å². The van der Waals surface area contributed by atoms with Crippen LogP contribution in [0.5, 0.6) is 0 Å². The summed E-state index contributed by atoms with van der Waals surface area (Å²) in [6.45, 7) is 0.298. The van der Waals surface area contributed by atoms with Gasteiger partial charge in [-0.15, -0.1) is 0 Å². The molecule has 0 spiro atoms. The molecule has 1 atom stereocenters. The van der Waals surface area contributed by atoms with Crippen LogP contribution in [0.4, 0.5) is 4.39 Å². The lowest BCUT2D eigenvalue weighted by Gasteiger charge is -2.21. The van der Waals surface area contributed by atoms with E-state index < -0.39 is 5.60 Å². The van der Waals surface area contributed by atoms with Gasteiger partial charge in [-0.25, -0.2) is 4.39 Å². The molecule has 20 heavy (non-hydrogen) atoms. The molecular formula is C15H18FNO2S. The Morgan fingerprint density at radius 3 is 3.10 bits per heavy atom. The maximum Gasteiger partial charge on any atom is 0.223 e. The topological polar surface area (TPSA) is 49.3 Å². The number of rotatable bonds is 5. The Labute approximate surface area is 122 Å². The third-order valence-corrected chi connectivity index (χ3v) is 4.39. The van der Waals surface area contributed by atoms with Crippen molar-refractivity contribution in [2.75, 3.05) is 18.1 Å². The van der Waals surface area contributed by atoms with Crippen LogP contribution in [0, 0.1) is 5.82 Å². The van der Waals surface area contributed by atoms with Gasteiger partial charge in [0, 0.05) is 18.7 Å². The molecule has 5 heteroatoms. The van der Waals surface area contributed by atoms with E-state index in [4.69, 9.17) is 0 Å². The van der Waals surface area contributed by atoms with Gasteiger partial charge in [0.1, 0.15) is 5.82 Å². The van der Waals surface area contributed by atoms with Gasteiger partial charge < -0.3 is 10.4 Å². The number of aliphatic hydroxyl groups is 1. The molecule has 108 valence electrons. The SMILES string of the molecule is O=C(CC=Cc1cccc(F)c1)NCC1(O)CCSC1. The normalized spacial score (nSPS) is 22.3. The molecule has 1 aliphatic heterocycles. The Morgan fingerprint density at radius 1 is 1.55 bits per heavy atom. The van der Waals surface area contributed by atoms with Crippen LogP contribution in [-0.2, 0) is 4.79 Å². The average molecular weight is 295 g/mol. The highest BCUT2D eigenvalue weighted by Gasteiger charge is 2.31. The van der Waals surface area contributed by atoms with Gasteiger partial charge in [-0.1, -0.05) is 24.3 Å². The molecule has 1 aliphatic rings. The van der Waals surface area contributed by atoms with Gasteiger partial charge in [0.2, 0.25) is 5.91 Å². The summed E-state index contributed by atoms with van der Waals surface area (Å²) in [5.41, 5.74) is -0.0318. The number of nitrogens with one attached hydrogen (secondary N) is 1. The molecule has 0 aromatic heterocycles. The Balaban J connectivity index is 1.75. The monoisotopic (exact) mass is 295 g/mol. The van der Waals surface area contributed by atoms with E-state index in [2.05, 4.69) is 5.32 Å². The highest BCUT2D eigenvalue weighted by molar-refractivity contribution is 7.99. The fourth-order valence-corrected chi connectivity index (χ4v) is 3.28. The minimum Gasteiger partial charge on any atom is -0.387 e. The molecule has 0 aliphatic carbocycles. The van der Waals surface area contributed by atoms with Gasteiger partial charge >= 0.3 is 0 Å². The lowest BCUT2D eigenvalue weighted by molar-refractivity contribution is -0.121. The highest BCUT2D eigenvalue weighted by Crippen LogP contribution is 2.26. The fraction of sp³-hybridized carbons (Fsp3) is 0.400. The smallest absolute Gasteiger partial charge is 0.223 e. The molecule has 1 aromatic rings. The number of benzene rings is 1. The van der Waals surface area contributed by atoms with E-state index in [1.54, 1.807) is 36.0 Å². The van der Waals surface area contributed by atoms with Crippen LogP contribution < -0.4 is 5.32 Å². The van der Waals surface area contributed by atoms with E-state index in [0.717, 1.165) is 17.7 Å². The average Bonchev–Trinajstić information content (AvgIpc) is 2.84. The summed E-state index contributed by atoms with van der Waals surface area (Å²) in [5.74, 6) is 1.18. The van der Waals surface area contributed by atoms with E-state index >= 15 is 0 Å². The van der Waals surface area contributed by atoms with Crippen LogP contribution in [0.15, 0.2) is 30.3 Å². The molecule has 2 N–H and O–H groups in total.